The van der Waals surface area contributed by atoms with Gasteiger partial charge in [0.2, 0.25) is 11.8 Å². The van der Waals surface area contributed by atoms with Crippen molar-refractivity contribution in [2.75, 3.05) is 5.73 Å². The first-order valence-corrected chi connectivity index (χ1v) is 8.39. The van der Waals surface area contributed by atoms with E-state index >= 15 is 0 Å². The Morgan fingerprint density at radius 2 is 2.04 bits per heavy atom. The molecule has 0 saturated carbocycles. The highest BCUT2D eigenvalue weighted by Crippen LogP contribution is 2.32. The standard InChI is InChI=1S/C19H15N5O3/c1-21-12-7-14(22-16(20)8-12)10-2-3-13-11(6-10)9-24(19(13)27)15-4-5-17(25)23-18(15)26/h2-3,6-8,15H,4-5,9H2,(H2,20,22)(H,23,25,26). The first kappa shape index (κ1) is 16.7. The molecule has 2 aromatic rings. The molecule has 27 heavy (non-hydrogen) atoms. The zero-order valence-electron chi connectivity index (χ0n) is 14.2. The zero-order valence-corrected chi connectivity index (χ0v) is 14.2. The van der Waals surface area contributed by atoms with E-state index in [1.54, 1.807) is 18.2 Å². The van der Waals surface area contributed by atoms with Crippen LogP contribution in [0.25, 0.3) is 16.1 Å². The Morgan fingerprint density at radius 1 is 1.22 bits per heavy atom. The number of nitrogens with zero attached hydrogens (tertiary/aromatic N) is 3. The van der Waals surface area contributed by atoms with Gasteiger partial charge < -0.3 is 10.6 Å². The minimum absolute atomic E-state index is 0.217. The van der Waals surface area contributed by atoms with E-state index in [1.807, 2.05) is 6.07 Å². The van der Waals surface area contributed by atoms with Crippen LogP contribution in [-0.4, -0.2) is 33.6 Å². The Hall–Kier alpha value is -3.73. The molecular weight excluding hydrogens is 346 g/mol. The number of nitrogens with one attached hydrogen (secondary N) is 1. The molecule has 8 nitrogen and oxygen atoms in total. The summed E-state index contributed by atoms with van der Waals surface area (Å²) in [6.45, 7) is 7.43. The smallest absolute Gasteiger partial charge is 0.255 e. The monoisotopic (exact) mass is 361 g/mol. The number of hydrogen-bond acceptors (Lipinski definition) is 5. The molecule has 1 atom stereocenters. The molecule has 2 aliphatic heterocycles. The Kier molecular flexibility index (Phi) is 3.85. The summed E-state index contributed by atoms with van der Waals surface area (Å²) >= 11 is 0. The maximum atomic E-state index is 12.7. The number of nitrogens with two attached hydrogens (primary N) is 1. The van der Waals surface area contributed by atoms with Gasteiger partial charge in [0, 0.05) is 18.5 Å². The third-order valence-corrected chi connectivity index (χ3v) is 4.78. The molecule has 3 amide bonds. The van der Waals surface area contributed by atoms with E-state index in [0.717, 1.165) is 11.1 Å². The maximum absolute atomic E-state index is 12.7. The number of piperidine rings is 1. The second-order valence-corrected chi connectivity index (χ2v) is 6.52. The molecule has 8 heteroatoms. The van der Waals surface area contributed by atoms with Crippen molar-refractivity contribution in [2.45, 2.75) is 25.4 Å². The molecule has 2 aliphatic rings. The molecule has 1 aromatic carbocycles. The number of hydrogen-bond donors (Lipinski definition) is 2. The molecule has 0 aliphatic carbocycles. The van der Waals surface area contributed by atoms with Crippen molar-refractivity contribution in [3.05, 3.63) is 52.9 Å². The Morgan fingerprint density at radius 3 is 2.78 bits per heavy atom. The van der Waals surface area contributed by atoms with Crippen LogP contribution in [0.2, 0.25) is 0 Å². The highest BCUT2D eigenvalue weighted by Gasteiger charge is 2.39. The van der Waals surface area contributed by atoms with E-state index in [2.05, 4.69) is 15.1 Å². The number of aromatic nitrogens is 1. The van der Waals surface area contributed by atoms with Crippen LogP contribution in [0, 0.1) is 6.57 Å². The van der Waals surface area contributed by atoms with Gasteiger partial charge in [-0.25, -0.2) is 9.83 Å². The predicted octanol–water partition coefficient (Wildman–Crippen LogP) is 1.64. The summed E-state index contributed by atoms with van der Waals surface area (Å²) in [6.07, 6.45) is 0.538. The number of imide groups is 1. The quantitative estimate of drug-likeness (QED) is 0.624. The lowest BCUT2D eigenvalue weighted by Crippen LogP contribution is -2.52. The summed E-state index contributed by atoms with van der Waals surface area (Å²) in [7, 11) is 0. The van der Waals surface area contributed by atoms with Crippen LogP contribution in [0.15, 0.2) is 30.3 Å². The molecule has 1 fully saturated rings. The van der Waals surface area contributed by atoms with Gasteiger partial charge in [-0.1, -0.05) is 6.07 Å². The Balaban J connectivity index is 1.65. The van der Waals surface area contributed by atoms with E-state index in [9.17, 15) is 14.4 Å². The van der Waals surface area contributed by atoms with Gasteiger partial charge in [-0.15, -0.1) is 0 Å². The number of rotatable bonds is 2. The van der Waals surface area contributed by atoms with E-state index in [0.29, 0.717) is 23.4 Å². The molecule has 0 bridgehead atoms. The molecule has 3 N–H and O–H groups in total. The van der Waals surface area contributed by atoms with E-state index in [4.69, 9.17) is 12.3 Å². The van der Waals surface area contributed by atoms with Gasteiger partial charge in [0.15, 0.2) is 5.69 Å². The number of amides is 3. The topological polar surface area (TPSA) is 110 Å². The second-order valence-electron chi connectivity index (χ2n) is 6.52. The van der Waals surface area contributed by atoms with Crippen molar-refractivity contribution in [3.8, 4) is 11.3 Å². The molecule has 1 saturated heterocycles. The first-order valence-electron chi connectivity index (χ1n) is 8.39. The third-order valence-electron chi connectivity index (χ3n) is 4.78. The maximum Gasteiger partial charge on any atom is 0.255 e. The van der Waals surface area contributed by atoms with Gasteiger partial charge >= 0.3 is 0 Å². The van der Waals surface area contributed by atoms with Crippen LogP contribution in [-0.2, 0) is 16.1 Å². The highest BCUT2D eigenvalue weighted by atomic mass is 16.2. The van der Waals surface area contributed by atoms with Crippen molar-refractivity contribution in [2.24, 2.45) is 0 Å². The summed E-state index contributed by atoms with van der Waals surface area (Å²) in [5.74, 6) is -0.730. The number of carbonyl (C=O) groups excluding carboxylic acids is 3. The van der Waals surface area contributed by atoms with E-state index in [1.165, 1.54) is 11.0 Å². The molecule has 0 radical (unpaired) electrons. The summed E-state index contributed by atoms with van der Waals surface area (Å²) < 4.78 is 0. The van der Waals surface area contributed by atoms with Crippen LogP contribution < -0.4 is 11.1 Å². The minimum Gasteiger partial charge on any atom is -0.385 e. The second kappa shape index (κ2) is 6.21. The molecule has 1 unspecified atom stereocenters. The van der Waals surface area contributed by atoms with Gasteiger partial charge in [0.1, 0.15) is 11.9 Å². The number of benzene rings is 1. The van der Waals surface area contributed by atoms with Gasteiger partial charge in [0.25, 0.3) is 5.91 Å². The molecule has 134 valence electrons. The number of pyridine rings is 1. The average molecular weight is 361 g/mol. The van der Waals surface area contributed by atoms with Crippen LogP contribution in [0.5, 0.6) is 0 Å². The van der Waals surface area contributed by atoms with Crippen LogP contribution in [0.1, 0.15) is 28.8 Å². The van der Waals surface area contributed by atoms with Crippen molar-refractivity contribution in [3.63, 3.8) is 0 Å². The van der Waals surface area contributed by atoms with Gasteiger partial charge in [-0.05, 0) is 41.8 Å². The van der Waals surface area contributed by atoms with Crippen molar-refractivity contribution >= 4 is 29.2 Å². The fourth-order valence-electron chi connectivity index (χ4n) is 3.48. The molecule has 3 heterocycles. The third kappa shape index (κ3) is 2.89. The number of carbonyl (C=O) groups is 3. The average Bonchev–Trinajstić information content (AvgIpc) is 2.97. The molecular formula is C19H15N5O3. The Labute approximate surface area is 154 Å². The summed E-state index contributed by atoms with van der Waals surface area (Å²) in [4.78, 5) is 45.3. The molecule has 4 rings (SSSR count). The van der Waals surface area contributed by atoms with Crippen molar-refractivity contribution in [1.82, 2.24) is 15.2 Å². The predicted molar refractivity (Wildman–Crippen MR) is 96.4 cm³/mol. The van der Waals surface area contributed by atoms with Crippen molar-refractivity contribution < 1.29 is 14.4 Å². The lowest BCUT2D eigenvalue weighted by Gasteiger charge is -2.29. The van der Waals surface area contributed by atoms with Gasteiger partial charge in [0.05, 0.1) is 12.3 Å². The van der Waals surface area contributed by atoms with Gasteiger partial charge in [-0.3, -0.25) is 19.7 Å². The minimum atomic E-state index is -0.648. The molecule has 0 spiro atoms. The first-order chi connectivity index (χ1) is 13.0. The number of nitrogen functional groups attached to an aromatic ring is 1. The lowest BCUT2D eigenvalue weighted by atomic mass is 10.0. The van der Waals surface area contributed by atoms with E-state index in [-0.39, 0.29) is 30.6 Å². The lowest BCUT2D eigenvalue weighted by molar-refractivity contribution is -0.136. The van der Waals surface area contributed by atoms with Crippen LogP contribution >= 0.6 is 0 Å². The number of fused-ring (bicyclic) bond motifs is 1. The van der Waals surface area contributed by atoms with Crippen LogP contribution in [0.3, 0.4) is 0 Å². The highest BCUT2D eigenvalue weighted by molar-refractivity contribution is 6.05. The summed E-state index contributed by atoms with van der Waals surface area (Å²) in [5, 5.41) is 2.29. The summed E-state index contributed by atoms with van der Waals surface area (Å²) in [6, 6.07) is 7.76. The normalized spacial score (nSPS) is 18.9. The fourth-order valence-corrected chi connectivity index (χ4v) is 3.48. The van der Waals surface area contributed by atoms with Crippen molar-refractivity contribution in [1.29, 1.82) is 0 Å². The largest absolute Gasteiger partial charge is 0.385 e. The number of anilines is 1. The van der Waals surface area contributed by atoms with Crippen LogP contribution in [0.4, 0.5) is 11.5 Å². The van der Waals surface area contributed by atoms with E-state index < -0.39 is 11.9 Å². The van der Waals surface area contributed by atoms with Gasteiger partial charge in [-0.2, -0.15) is 0 Å². The SMILES string of the molecule is [C-]#[N+]c1cc(N)nc(-c2ccc3c(c2)CN(C2CCC(=O)NC2=O)C3=O)c1. The Bertz CT molecular complexity index is 1040. The molecule has 1 aromatic heterocycles. The summed E-state index contributed by atoms with van der Waals surface area (Å²) in [5.41, 5.74) is 8.74. The fraction of sp³-hybridized carbons (Fsp3) is 0.211. The zero-order chi connectivity index (χ0) is 19.1.